The molecule has 0 unspecified atom stereocenters. The molecule has 0 radical (unpaired) electrons. The number of rotatable bonds is 15. The van der Waals surface area contributed by atoms with Crippen molar-refractivity contribution in [1.82, 2.24) is 0 Å². The molecular formula is C33H39NO7. The molecule has 41 heavy (non-hydrogen) atoms. The molecule has 0 aromatic heterocycles. The smallest absolute Gasteiger partial charge is 0.325 e. The second-order valence-electron chi connectivity index (χ2n) is 10.2. The normalized spacial score (nSPS) is 14.0. The molecule has 3 aromatic rings. The first kappa shape index (κ1) is 31.5. The van der Waals surface area contributed by atoms with Gasteiger partial charge in [0.05, 0.1) is 19.1 Å². The average Bonchev–Trinajstić information content (AvgIpc) is 2.98. The van der Waals surface area contributed by atoms with Crippen LogP contribution in [-0.4, -0.2) is 42.8 Å². The number of hydrogen-bond donors (Lipinski definition) is 1. The van der Waals surface area contributed by atoms with E-state index in [4.69, 9.17) is 24.7 Å². The topological polar surface area (TPSA) is 114 Å². The molecule has 0 saturated heterocycles. The fraction of sp³-hybridized carbons (Fsp3) is 0.364. The Labute approximate surface area is 241 Å². The molecule has 4 atom stereocenters. The molecule has 0 heterocycles. The summed E-state index contributed by atoms with van der Waals surface area (Å²) in [5.74, 6) is -3.24. The second kappa shape index (κ2) is 16.3. The van der Waals surface area contributed by atoms with Crippen LogP contribution in [0.15, 0.2) is 91.0 Å². The number of nitrogens with two attached hydrogens (primary N) is 1. The van der Waals surface area contributed by atoms with E-state index < -0.39 is 48.0 Å². The minimum atomic E-state index is -1.12. The number of ether oxygens (including phenoxy) is 4. The molecule has 0 spiro atoms. The molecule has 8 nitrogen and oxygen atoms in total. The second-order valence-corrected chi connectivity index (χ2v) is 10.2. The van der Waals surface area contributed by atoms with E-state index in [9.17, 15) is 14.4 Å². The average molecular weight is 562 g/mol. The highest BCUT2D eigenvalue weighted by atomic mass is 16.6. The summed E-state index contributed by atoms with van der Waals surface area (Å²) >= 11 is 0. The van der Waals surface area contributed by atoms with Gasteiger partial charge in [0.2, 0.25) is 0 Å². The maximum atomic E-state index is 13.5. The van der Waals surface area contributed by atoms with Gasteiger partial charge in [0.1, 0.15) is 24.7 Å². The summed E-state index contributed by atoms with van der Waals surface area (Å²) in [6.07, 6.45) is -1.91. The van der Waals surface area contributed by atoms with Gasteiger partial charge in [-0.25, -0.2) is 0 Å². The lowest BCUT2D eigenvalue weighted by Crippen LogP contribution is -2.47. The van der Waals surface area contributed by atoms with Crippen LogP contribution in [0, 0.1) is 11.8 Å². The summed E-state index contributed by atoms with van der Waals surface area (Å²) in [6.45, 7) is 5.23. The molecule has 3 aromatic carbocycles. The van der Waals surface area contributed by atoms with Crippen molar-refractivity contribution in [3.63, 3.8) is 0 Å². The Bertz CT molecular complexity index is 1220. The van der Waals surface area contributed by atoms with Gasteiger partial charge in [-0.15, -0.1) is 0 Å². The molecule has 2 N–H and O–H groups in total. The van der Waals surface area contributed by atoms with Gasteiger partial charge < -0.3 is 24.7 Å². The van der Waals surface area contributed by atoms with Crippen molar-refractivity contribution in [1.29, 1.82) is 0 Å². The lowest BCUT2D eigenvalue weighted by Gasteiger charge is -2.31. The summed E-state index contributed by atoms with van der Waals surface area (Å²) in [4.78, 5) is 39.2. The van der Waals surface area contributed by atoms with Crippen LogP contribution in [0.5, 0.6) is 0 Å². The molecule has 3 rings (SSSR count). The van der Waals surface area contributed by atoms with Crippen molar-refractivity contribution >= 4 is 17.9 Å². The number of carbonyl (C=O) groups excluding carboxylic acids is 3. The molecular weight excluding hydrogens is 522 g/mol. The summed E-state index contributed by atoms with van der Waals surface area (Å²) in [6, 6.07) is 27.0. The van der Waals surface area contributed by atoms with Crippen LogP contribution in [0.4, 0.5) is 0 Å². The molecule has 8 heteroatoms. The zero-order valence-electron chi connectivity index (χ0n) is 23.8. The largest absolute Gasteiger partial charge is 0.460 e. The van der Waals surface area contributed by atoms with Crippen molar-refractivity contribution in [2.24, 2.45) is 17.6 Å². The van der Waals surface area contributed by atoms with Gasteiger partial charge in [0.15, 0.2) is 6.10 Å². The molecule has 0 amide bonds. The van der Waals surface area contributed by atoms with Gasteiger partial charge in [-0.1, -0.05) is 105 Å². The lowest BCUT2D eigenvalue weighted by molar-refractivity contribution is -0.181. The van der Waals surface area contributed by atoms with Crippen LogP contribution >= 0.6 is 0 Å². The molecule has 218 valence electrons. The van der Waals surface area contributed by atoms with Gasteiger partial charge in [-0.05, 0) is 30.0 Å². The van der Waals surface area contributed by atoms with Crippen LogP contribution < -0.4 is 5.73 Å². The van der Waals surface area contributed by atoms with Crippen molar-refractivity contribution in [3.05, 3.63) is 108 Å². The zero-order chi connectivity index (χ0) is 29.6. The SMILES string of the molecule is CC(C)C(=O)O[C@@H]([C@H](C)OC(=O)[C@@H](N)COCc1ccccc1)[C@@H](Cc1ccccc1)C(=O)OCc1ccccc1. The predicted octanol–water partition coefficient (Wildman–Crippen LogP) is 4.63. The fourth-order valence-corrected chi connectivity index (χ4v) is 4.10. The van der Waals surface area contributed by atoms with Gasteiger partial charge in [-0.3, -0.25) is 14.4 Å². The number of carbonyl (C=O) groups is 3. The maximum Gasteiger partial charge on any atom is 0.325 e. The third-order valence-corrected chi connectivity index (χ3v) is 6.42. The van der Waals surface area contributed by atoms with Gasteiger partial charge >= 0.3 is 17.9 Å². The Hall–Kier alpha value is -4.01. The first-order valence-corrected chi connectivity index (χ1v) is 13.8. The van der Waals surface area contributed by atoms with E-state index in [0.717, 1.165) is 16.7 Å². The summed E-state index contributed by atoms with van der Waals surface area (Å²) in [7, 11) is 0. The Kier molecular flexibility index (Phi) is 12.5. The lowest BCUT2D eigenvalue weighted by atomic mass is 9.90. The van der Waals surface area contributed by atoms with E-state index in [2.05, 4.69) is 0 Å². The summed E-state index contributed by atoms with van der Waals surface area (Å²) < 4.78 is 22.7. The van der Waals surface area contributed by atoms with E-state index in [-0.39, 0.29) is 19.6 Å². The van der Waals surface area contributed by atoms with Crippen LogP contribution in [-0.2, 0) is 53.0 Å². The highest BCUT2D eigenvalue weighted by Crippen LogP contribution is 2.24. The highest BCUT2D eigenvalue weighted by Gasteiger charge is 2.39. The van der Waals surface area contributed by atoms with Crippen LogP contribution in [0.3, 0.4) is 0 Å². The Balaban J connectivity index is 1.75. The highest BCUT2D eigenvalue weighted by molar-refractivity contribution is 5.77. The van der Waals surface area contributed by atoms with E-state index in [0.29, 0.717) is 6.61 Å². The third-order valence-electron chi connectivity index (χ3n) is 6.42. The molecule has 0 saturated carbocycles. The molecule has 0 bridgehead atoms. The zero-order valence-corrected chi connectivity index (χ0v) is 23.8. The first-order chi connectivity index (χ1) is 19.7. The van der Waals surface area contributed by atoms with E-state index in [1.54, 1.807) is 20.8 Å². The number of esters is 3. The number of benzene rings is 3. The Morgan fingerprint density at radius 3 is 1.71 bits per heavy atom. The van der Waals surface area contributed by atoms with Crippen molar-refractivity contribution in [2.75, 3.05) is 6.61 Å². The quantitative estimate of drug-likeness (QED) is 0.211. The molecule has 0 aliphatic heterocycles. The predicted molar refractivity (Wildman–Crippen MR) is 154 cm³/mol. The van der Waals surface area contributed by atoms with Gasteiger partial charge in [0, 0.05) is 0 Å². The standard InChI is InChI=1S/C33H39NO7/c1-23(2)31(35)41-30(24(3)40-33(37)29(34)22-38-20-26-15-9-5-10-16-26)28(19-25-13-7-4-8-14-25)32(36)39-21-27-17-11-6-12-18-27/h4-18,23-24,28-30H,19-22,34H2,1-3H3/t24-,28+,29-,30-/m0/s1. The minimum absolute atomic E-state index is 0.0492. The van der Waals surface area contributed by atoms with Gasteiger partial charge in [-0.2, -0.15) is 0 Å². The molecule has 0 aliphatic carbocycles. The third kappa shape index (κ3) is 10.5. The van der Waals surface area contributed by atoms with Gasteiger partial charge in [0.25, 0.3) is 0 Å². The maximum absolute atomic E-state index is 13.5. The monoisotopic (exact) mass is 561 g/mol. The summed E-state index contributed by atoms with van der Waals surface area (Å²) in [5.41, 5.74) is 8.65. The van der Waals surface area contributed by atoms with Crippen LogP contribution in [0.2, 0.25) is 0 Å². The minimum Gasteiger partial charge on any atom is -0.460 e. The van der Waals surface area contributed by atoms with E-state index in [1.165, 1.54) is 0 Å². The first-order valence-electron chi connectivity index (χ1n) is 13.8. The van der Waals surface area contributed by atoms with E-state index >= 15 is 0 Å². The molecule has 0 aliphatic rings. The summed E-state index contributed by atoms with van der Waals surface area (Å²) in [5, 5.41) is 0. The van der Waals surface area contributed by atoms with Crippen LogP contribution in [0.25, 0.3) is 0 Å². The Morgan fingerprint density at radius 2 is 1.17 bits per heavy atom. The van der Waals surface area contributed by atoms with Crippen LogP contribution in [0.1, 0.15) is 37.5 Å². The number of hydrogen-bond acceptors (Lipinski definition) is 8. The van der Waals surface area contributed by atoms with Crippen molar-refractivity contribution in [2.45, 2.75) is 58.7 Å². The van der Waals surface area contributed by atoms with Crippen molar-refractivity contribution < 1.29 is 33.3 Å². The fourth-order valence-electron chi connectivity index (χ4n) is 4.10. The molecule has 0 fully saturated rings. The Morgan fingerprint density at radius 1 is 0.659 bits per heavy atom. The van der Waals surface area contributed by atoms with E-state index in [1.807, 2.05) is 91.0 Å². The van der Waals surface area contributed by atoms with Crippen molar-refractivity contribution in [3.8, 4) is 0 Å².